The predicted octanol–water partition coefficient (Wildman–Crippen LogP) is 2.20. The number of hydrogen-bond acceptors (Lipinski definition) is 2. The zero-order chi connectivity index (χ0) is 8.27. The van der Waals surface area contributed by atoms with Gasteiger partial charge in [-0.2, -0.15) is 0 Å². The van der Waals surface area contributed by atoms with Gasteiger partial charge in [-0.05, 0) is 23.9 Å². The molecule has 0 aliphatic rings. The molecule has 0 saturated carbocycles. The molecule has 0 spiro atoms. The van der Waals surface area contributed by atoms with Gasteiger partial charge in [0.05, 0.1) is 6.10 Å². The van der Waals surface area contributed by atoms with Crippen LogP contribution in [-0.2, 0) is 6.42 Å². The molecule has 1 unspecified atom stereocenters. The number of thiophene rings is 1. The molecule has 0 aromatic carbocycles. The van der Waals surface area contributed by atoms with Crippen LogP contribution < -0.4 is 0 Å². The van der Waals surface area contributed by atoms with Crippen LogP contribution in [0.15, 0.2) is 11.4 Å². The first-order valence-electron chi connectivity index (χ1n) is 3.51. The second-order valence-electron chi connectivity index (χ2n) is 2.54. The van der Waals surface area contributed by atoms with E-state index in [2.05, 4.69) is 6.07 Å². The van der Waals surface area contributed by atoms with Crippen molar-refractivity contribution in [1.82, 2.24) is 0 Å². The van der Waals surface area contributed by atoms with Crippen LogP contribution in [0.5, 0.6) is 0 Å². The van der Waals surface area contributed by atoms with E-state index in [-0.39, 0.29) is 0 Å². The van der Waals surface area contributed by atoms with Gasteiger partial charge in [0.15, 0.2) is 0 Å². The fourth-order valence-corrected chi connectivity index (χ4v) is 1.97. The van der Waals surface area contributed by atoms with Crippen LogP contribution in [0.1, 0.15) is 10.4 Å². The lowest BCUT2D eigenvalue weighted by Crippen LogP contribution is -2.11. The van der Waals surface area contributed by atoms with Gasteiger partial charge in [0, 0.05) is 17.2 Å². The lowest BCUT2D eigenvalue weighted by molar-refractivity contribution is 0.199. The lowest BCUT2D eigenvalue weighted by Gasteiger charge is -2.04. The Bertz CT molecular complexity index is 222. The van der Waals surface area contributed by atoms with Crippen LogP contribution in [0, 0.1) is 6.92 Å². The molecule has 0 radical (unpaired) electrons. The summed E-state index contributed by atoms with van der Waals surface area (Å²) in [4.78, 5) is 1.23. The summed E-state index contributed by atoms with van der Waals surface area (Å²) in [5.41, 5.74) is 1.25. The lowest BCUT2D eigenvalue weighted by atomic mass is 10.2. The summed E-state index contributed by atoms with van der Waals surface area (Å²) < 4.78 is 0. The number of hydrogen-bond donors (Lipinski definition) is 1. The molecule has 0 amide bonds. The molecule has 0 bridgehead atoms. The molecule has 1 nitrogen and oxygen atoms in total. The van der Waals surface area contributed by atoms with E-state index >= 15 is 0 Å². The van der Waals surface area contributed by atoms with E-state index in [0.717, 1.165) is 0 Å². The fourth-order valence-electron chi connectivity index (χ4n) is 0.882. The van der Waals surface area contributed by atoms with Gasteiger partial charge >= 0.3 is 0 Å². The Morgan fingerprint density at radius 1 is 1.73 bits per heavy atom. The Labute approximate surface area is 75.6 Å². The van der Waals surface area contributed by atoms with E-state index in [1.807, 2.05) is 12.3 Å². The predicted molar refractivity (Wildman–Crippen MR) is 49.5 cm³/mol. The van der Waals surface area contributed by atoms with Crippen LogP contribution in [0.2, 0.25) is 0 Å². The summed E-state index contributed by atoms with van der Waals surface area (Å²) in [6, 6.07) is 2.06. The number of alkyl halides is 1. The number of aliphatic hydroxyl groups is 1. The summed E-state index contributed by atoms with van der Waals surface area (Å²) in [6.07, 6.45) is 0.293. The number of halogens is 1. The van der Waals surface area contributed by atoms with Crippen molar-refractivity contribution in [2.45, 2.75) is 19.4 Å². The zero-order valence-corrected chi connectivity index (χ0v) is 7.95. The van der Waals surface area contributed by atoms with E-state index in [0.29, 0.717) is 12.3 Å². The van der Waals surface area contributed by atoms with Gasteiger partial charge in [-0.1, -0.05) is 0 Å². The first-order chi connectivity index (χ1) is 5.24. The highest BCUT2D eigenvalue weighted by Gasteiger charge is 2.06. The molecule has 1 atom stereocenters. The van der Waals surface area contributed by atoms with Gasteiger partial charge in [0.1, 0.15) is 0 Å². The van der Waals surface area contributed by atoms with Gasteiger partial charge in [0.25, 0.3) is 0 Å². The third kappa shape index (κ3) is 2.47. The molecular formula is C8H11ClOS. The van der Waals surface area contributed by atoms with Gasteiger partial charge in [0.2, 0.25) is 0 Å². The molecule has 1 N–H and O–H groups in total. The van der Waals surface area contributed by atoms with Gasteiger partial charge < -0.3 is 5.11 Å². The third-order valence-corrected chi connectivity index (χ3v) is 2.97. The van der Waals surface area contributed by atoms with Crippen molar-refractivity contribution in [2.24, 2.45) is 0 Å². The second-order valence-corrected chi connectivity index (χ2v) is 3.85. The monoisotopic (exact) mass is 190 g/mol. The van der Waals surface area contributed by atoms with Crippen molar-refractivity contribution in [3.63, 3.8) is 0 Å². The van der Waals surface area contributed by atoms with E-state index < -0.39 is 6.10 Å². The highest BCUT2D eigenvalue weighted by Crippen LogP contribution is 2.17. The first-order valence-corrected chi connectivity index (χ1v) is 4.92. The van der Waals surface area contributed by atoms with Crippen molar-refractivity contribution in [2.75, 3.05) is 5.88 Å². The largest absolute Gasteiger partial charge is 0.392 e. The topological polar surface area (TPSA) is 20.2 Å². The van der Waals surface area contributed by atoms with Crippen molar-refractivity contribution < 1.29 is 5.11 Å². The average Bonchev–Trinajstić information content (AvgIpc) is 2.37. The molecular weight excluding hydrogens is 180 g/mol. The van der Waals surface area contributed by atoms with Crippen molar-refractivity contribution >= 4 is 22.9 Å². The van der Waals surface area contributed by atoms with Gasteiger partial charge in [-0.15, -0.1) is 22.9 Å². The maximum atomic E-state index is 9.23. The highest BCUT2D eigenvalue weighted by molar-refractivity contribution is 7.10. The molecule has 62 valence electrons. The summed E-state index contributed by atoms with van der Waals surface area (Å²) in [5, 5.41) is 11.3. The van der Waals surface area contributed by atoms with Crippen molar-refractivity contribution in [3.8, 4) is 0 Å². The standard InChI is InChI=1S/C8H11ClOS/c1-6-2-3-11-8(6)4-7(10)5-9/h2-3,7,10H,4-5H2,1H3. The van der Waals surface area contributed by atoms with Crippen molar-refractivity contribution in [3.05, 3.63) is 21.9 Å². The Hall–Kier alpha value is -0.0500. The minimum atomic E-state index is -0.394. The summed E-state index contributed by atoms with van der Waals surface area (Å²) >= 11 is 7.15. The number of aryl methyl sites for hydroxylation is 1. The molecule has 1 rings (SSSR count). The Kier molecular flexibility index (Phi) is 3.37. The molecule has 1 aromatic rings. The molecule has 1 aromatic heterocycles. The Morgan fingerprint density at radius 2 is 2.45 bits per heavy atom. The fraction of sp³-hybridized carbons (Fsp3) is 0.500. The van der Waals surface area contributed by atoms with E-state index in [9.17, 15) is 5.11 Å². The molecule has 3 heteroatoms. The molecule has 0 aliphatic heterocycles. The smallest absolute Gasteiger partial charge is 0.0723 e. The first kappa shape index (κ1) is 9.04. The SMILES string of the molecule is Cc1ccsc1CC(O)CCl. The molecule has 0 aliphatic carbocycles. The van der Waals surface area contributed by atoms with E-state index in [4.69, 9.17) is 11.6 Å². The van der Waals surface area contributed by atoms with Crippen LogP contribution in [0.4, 0.5) is 0 Å². The summed E-state index contributed by atoms with van der Waals surface area (Å²) in [5.74, 6) is 0.317. The maximum absolute atomic E-state index is 9.23. The normalized spacial score (nSPS) is 13.4. The number of aliphatic hydroxyl groups excluding tert-OH is 1. The second kappa shape index (κ2) is 4.10. The van der Waals surface area contributed by atoms with Gasteiger partial charge in [-0.25, -0.2) is 0 Å². The Balaban J connectivity index is 2.56. The highest BCUT2D eigenvalue weighted by atomic mass is 35.5. The van der Waals surface area contributed by atoms with Crippen molar-refractivity contribution in [1.29, 1.82) is 0 Å². The molecule has 0 saturated heterocycles. The van der Waals surface area contributed by atoms with E-state index in [1.165, 1.54) is 10.4 Å². The zero-order valence-electron chi connectivity index (χ0n) is 6.38. The third-order valence-electron chi connectivity index (χ3n) is 1.57. The minimum absolute atomic E-state index is 0.317. The maximum Gasteiger partial charge on any atom is 0.0723 e. The van der Waals surface area contributed by atoms with Crippen LogP contribution in [-0.4, -0.2) is 17.1 Å². The van der Waals surface area contributed by atoms with Crippen LogP contribution >= 0.6 is 22.9 Å². The van der Waals surface area contributed by atoms with Crippen LogP contribution in [0.25, 0.3) is 0 Å². The van der Waals surface area contributed by atoms with Gasteiger partial charge in [-0.3, -0.25) is 0 Å². The van der Waals surface area contributed by atoms with Crippen LogP contribution in [0.3, 0.4) is 0 Å². The van der Waals surface area contributed by atoms with E-state index in [1.54, 1.807) is 11.3 Å². The summed E-state index contributed by atoms with van der Waals surface area (Å²) in [7, 11) is 0. The molecule has 1 heterocycles. The quantitative estimate of drug-likeness (QED) is 0.725. The Morgan fingerprint density at radius 3 is 2.91 bits per heavy atom. The molecule has 0 fully saturated rings. The molecule has 11 heavy (non-hydrogen) atoms. The summed E-state index contributed by atoms with van der Waals surface area (Å²) in [6.45, 7) is 2.05. The number of rotatable bonds is 3. The average molecular weight is 191 g/mol. The minimum Gasteiger partial charge on any atom is -0.392 e.